The molecule has 1 atom stereocenters. The molecule has 1 aromatic carbocycles. The van der Waals surface area contributed by atoms with Crippen molar-refractivity contribution in [2.45, 2.75) is 19.4 Å². The maximum absolute atomic E-state index is 10.5. The standard InChI is InChI=1S/C12H17NO4/c1-2-7-17-10-5-3-9(4-6-10)11(8-14)13-12(15)16/h3-6,11,13-14H,2,7-8H2,1H3,(H,15,16). The third-order valence-electron chi connectivity index (χ3n) is 2.24. The molecular weight excluding hydrogens is 222 g/mol. The summed E-state index contributed by atoms with van der Waals surface area (Å²) < 4.78 is 5.41. The third-order valence-corrected chi connectivity index (χ3v) is 2.24. The lowest BCUT2D eigenvalue weighted by molar-refractivity contribution is 0.177. The molecule has 0 spiro atoms. The van der Waals surface area contributed by atoms with Crippen LogP contribution in [0, 0.1) is 0 Å². The van der Waals surface area contributed by atoms with Crippen molar-refractivity contribution in [1.82, 2.24) is 5.32 Å². The molecule has 0 saturated carbocycles. The normalized spacial score (nSPS) is 11.9. The number of carbonyl (C=O) groups is 1. The minimum Gasteiger partial charge on any atom is -0.494 e. The summed E-state index contributed by atoms with van der Waals surface area (Å²) in [5, 5.41) is 19.9. The molecule has 5 nitrogen and oxygen atoms in total. The van der Waals surface area contributed by atoms with E-state index in [-0.39, 0.29) is 6.61 Å². The van der Waals surface area contributed by atoms with Crippen molar-refractivity contribution in [2.75, 3.05) is 13.2 Å². The zero-order chi connectivity index (χ0) is 12.7. The average molecular weight is 239 g/mol. The second-order valence-corrected chi connectivity index (χ2v) is 3.60. The van der Waals surface area contributed by atoms with Gasteiger partial charge in [0.05, 0.1) is 19.3 Å². The fourth-order valence-corrected chi connectivity index (χ4v) is 1.40. The predicted molar refractivity (Wildman–Crippen MR) is 63.2 cm³/mol. The molecular formula is C12H17NO4. The van der Waals surface area contributed by atoms with Gasteiger partial charge in [-0.15, -0.1) is 0 Å². The van der Waals surface area contributed by atoms with E-state index < -0.39 is 12.1 Å². The van der Waals surface area contributed by atoms with E-state index in [4.69, 9.17) is 14.9 Å². The van der Waals surface area contributed by atoms with Gasteiger partial charge in [-0.2, -0.15) is 0 Å². The van der Waals surface area contributed by atoms with Crippen LogP contribution in [0.5, 0.6) is 5.75 Å². The number of carboxylic acid groups (broad SMARTS) is 1. The highest BCUT2D eigenvalue weighted by molar-refractivity contribution is 5.65. The fraction of sp³-hybridized carbons (Fsp3) is 0.417. The van der Waals surface area contributed by atoms with Gasteiger partial charge >= 0.3 is 6.09 Å². The van der Waals surface area contributed by atoms with Crippen LogP contribution in [-0.4, -0.2) is 29.5 Å². The van der Waals surface area contributed by atoms with E-state index in [2.05, 4.69) is 5.32 Å². The topological polar surface area (TPSA) is 78.8 Å². The van der Waals surface area contributed by atoms with Crippen LogP contribution in [0.4, 0.5) is 4.79 Å². The Morgan fingerprint density at radius 2 is 2.06 bits per heavy atom. The van der Waals surface area contributed by atoms with Crippen molar-refractivity contribution >= 4 is 6.09 Å². The summed E-state index contributed by atoms with van der Waals surface area (Å²) in [5.74, 6) is 0.739. The van der Waals surface area contributed by atoms with Crippen LogP contribution in [-0.2, 0) is 0 Å². The van der Waals surface area contributed by atoms with Gasteiger partial charge in [-0.3, -0.25) is 0 Å². The number of aliphatic hydroxyl groups is 1. The summed E-state index contributed by atoms with van der Waals surface area (Å²) in [5.41, 5.74) is 0.707. The lowest BCUT2D eigenvalue weighted by Gasteiger charge is -2.15. The molecule has 1 rings (SSSR count). The Kier molecular flexibility index (Phi) is 5.29. The molecule has 0 heterocycles. The first kappa shape index (κ1) is 13.3. The molecule has 17 heavy (non-hydrogen) atoms. The lowest BCUT2D eigenvalue weighted by Crippen LogP contribution is -2.29. The number of ether oxygens (including phenoxy) is 1. The number of hydrogen-bond acceptors (Lipinski definition) is 3. The van der Waals surface area contributed by atoms with Crippen molar-refractivity contribution in [1.29, 1.82) is 0 Å². The molecule has 94 valence electrons. The molecule has 0 fully saturated rings. The van der Waals surface area contributed by atoms with Gasteiger partial charge in [0, 0.05) is 0 Å². The monoisotopic (exact) mass is 239 g/mol. The van der Waals surface area contributed by atoms with Crippen LogP contribution in [0.3, 0.4) is 0 Å². The quantitative estimate of drug-likeness (QED) is 0.707. The lowest BCUT2D eigenvalue weighted by atomic mass is 10.1. The Hall–Kier alpha value is -1.75. The van der Waals surface area contributed by atoms with Gasteiger partial charge in [0.1, 0.15) is 5.75 Å². The summed E-state index contributed by atoms with van der Waals surface area (Å²) >= 11 is 0. The molecule has 0 radical (unpaired) electrons. The largest absolute Gasteiger partial charge is 0.494 e. The summed E-state index contributed by atoms with van der Waals surface area (Å²) in [4.78, 5) is 10.5. The average Bonchev–Trinajstić information content (AvgIpc) is 2.34. The van der Waals surface area contributed by atoms with E-state index in [1.165, 1.54) is 0 Å². The molecule has 0 aliphatic heterocycles. The third kappa shape index (κ3) is 4.32. The minimum atomic E-state index is -1.16. The highest BCUT2D eigenvalue weighted by Gasteiger charge is 2.12. The van der Waals surface area contributed by atoms with Crippen molar-refractivity contribution in [3.63, 3.8) is 0 Å². The van der Waals surface area contributed by atoms with E-state index in [0.29, 0.717) is 12.2 Å². The van der Waals surface area contributed by atoms with Crippen LogP contribution >= 0.6 is 0 Å². The number of aliphatic hydroxyl groups excluding tert-OH is 1. The summed E-state index contributed by atoms with van der Waals surface area (Å²) in [6.45, 7) is 2.39. The maximum Gasteiger partial charge on any atom is 0.405 e. The molecule has 1 amide bonds. The first-order chi connectivity index (χ1) is 8.17. The van der Waals surface area contributed by atoms with Crippen LogP contribution in [0.25, 0.3) is 0 Å². The molecule has 0 aliphatic carbocycles. The molecule has 0 bridgehead atoms. The van der Waals surface area contributed by atoms with E-state index in [1.54, 1.807) is 24.3 Å². The number of amides is 1. The minimum absolute atomic E-state index is 0.276. The highest BCUT2D eigenvalue weighted by atomic mass is 16.5. The second kappa shape index (κ2) is 6.75. The molecule has 5 heteroatoms. The van der Waals surface area contributed by atoms with Crippen LogP contribution < -0.4 is 10.1 Å². The van der Waals surface area contributed by atoms with Gasteiger partial charge < -0.3 is 20.3 Å². The fourth-order valence-electron chi connectivity index (χ4n) is 1.40. The number of nitrogens with one attached hydrogen (secondary N) is 1. The van der Waals surface area contributed by atoms with Crippen molar-refractivity contribution < 1.29 is 19.7 Å². The van der Waals surface area contributed by atoms with Gasteiger partial charge in [-0.1, -0.05) is 19.1 Å². The molecule has 3 N–H and O–H groups in total. The van der Waals surface area contributed by atoms with E-state index in [1.807, 2.05) is 6.92 Å². The Bertz CT molecular complexity index is 350. The molecule has 0 saturated heterocycles. The first-order valence-electron chi connectivity index (χ1n) is 5.50. The Labute approximate surface area is 100 Å². The molecule has 0 aliphatic rings. The molecule has 1 unspecified atom stereocenters. The van der Waals surface area contributed by atoms with Gasteiger partial charge in [0.15, 0.2) is 0 Å². The maximum atomic E-state index is 10.5. The predicted octanol–water partition coefficient (Wildman–Crippen LogP) is 1.78. The van der Waals surface area contributed by atoms with Crippen LogP contribution in [0.1, 0.15) is 24.9 Å². The van der Waals surface area contributed by atoms with Gasteiger partial charge in [-0.05, 0) is 24.1 Å². The Morgan fingerprint density at radius 1 is 1.41 bits per heavy atom. The smallest absolute Gasteiger partial charge is 0.405 e. The number of rotatable bonds is 6. The number of hydrogen-bond donors (Lipinski definition) is 3. The SMILES string of the molecule is CCCOc1ccc(C(CO)NC(=O)O)cc1. The Balaban J connectivity index is 2.67. The van der Waals surface area contributed by atoms with Crippen molar-refractivity contribution in [2.24, 2.45) is 0 Å². The first-order valence-corrected chi connectivity index (χ1v) is 5.50. The van der Waals surface area contributed by atoms with Crippen LogP contribution in [0.2, 0.25) is 0 Å². The molecule has 1 aromatic rings. The van der Waals surface area contributed by atoms with E-state index in [0.717, 1.165) is 12.2 Å². The zero-order valence-corrected chi connectivity index (χ0v) is 9.72. The summed E-state index contributed by atoms with van der Waals surface area (Å²) in [6, 6.07) is 6.39. The number of benzene rings is 1. The summed E-state index contributed by atoms with van der Waals surface area (Å²) in [7, 11) is 0. The Morgan fingerprint density at radius 3 is 2.53 bits per heavy atom. The zero-order valence-electron chi connectivity index (χ0n) is 9.72. The second-order valence-electron chi connectivity index (χ2n) is 3.60. The molecule has 0 aromatic heterocycles. The van der Waals surface area contributed by atoms with Crippen molar-refractivity contribution in [3.8, 4) is 5.75 Å². The van der Waals surface area contributed by atoms with Crippen molar-refractivity contribution in [3.05, 3.63) is 29.8 Å². The van der Waals surface area contributed by atoms with Gasteiger partial charge in [0.2, 0.25) is 0 Å². The van der Waals surface area contributed by atoms with Crippen LogP contribution in [0.15, 0.2) is 24.3 Å². The van der Waals surface area contributed by atoms with Gasteiger partial charge in [-0.25, -0.2) is 4.79 Å². The van der Waals surface area contributed by atoms with E-state index >= 15 is 0 Å². The van der Waals surface area contributed by atoms with E-state index in [9.17, 15) is 4.79 Å². The van der Waals surface area contributed by atoms with Gasteiger partial charge in [0.25, 0.3) is 0 Å². The summed E-state index contributed by atoms with van der Waals surface area (Å²) in [6.07, 6.45) is -0.225. The highest BCUT2D eigenvalue weighted by Crippen LogP contribution is 2.17.